The number of rotatable bonds is 6. The van der Waals surface area contributed by atoms with Gasteiger partial charge in [-0.25, -0.2) is 9.78 Å². The predicted molar refractivity (Wildman–Crippen MR) is 87.8 cm³/mol. The van der Waals surface area contributed by atoms with Crippen LogP contribution in [-0.2, 0) is 11.2 Å². The van der Waals surface area contributed by atoms with Crippen molar-refractivity contribution in [1.29, 1.82) is 0 Å². The van der Waals surface area contributed by atoms with Crippen LogP contribution < -0.4 is 0 Å². The molecule has 0 aliphatic carbocycles. The molecular formula is C15H15N3O3S2. The Bertz CT molecular complexity index is 780. The van der Waals surface area contributed by atoms with Crippen LogP contribution in [0.4, 0.5) is 0 Å². The van der Waals surface area contributed by atoms with Gasteiger partial charge in [-0.1, -0.05) is 17.8 Å². The van der Waals surface area contributed by atoms with E-state index in [-0.39, 0.29) is 11.0 Å². The summed E-state index contributed by atoms with van der Waals surface area (Å²) in [4.78, 5) is 17.1. The van der Waals surface area contributed by atoms with Crippen LogP contribution in [-0.4, -0.2) is 28.3 Å². The second kappa shape index (κ2) is 7.01. The number of thioether (sulfide) groups is 1. The van der Waals surface area contributed by atoms with Gasteiger partial charge in [-0.3, -0.25) is 5.10 Å². The lowest BCUT2D eigenvalue weighted by atomic mass is 10.3. The van der Waals surface area contributed by atoms with E-state index in [1.165, 1.54) is 23.7 Å². The molecule has 3 aromatic rings. The summed E-state index contributed by atoms with van der Waals surface area (Å²) in [5, 5.41) is 9.85. The summed E-state index contributed by atoms with van der Waals surface area (Å²) < 4.78 is 10.1. The van der Waals surface area contributed by atoms with Gasteiger partial charge in [0.15, 0.2) is 0 Å². The van der Waals surface area contributed by atoms with Crippen LogP contribution in [0.15, 0.2) is 39.2 Å². The van der Waals surface area contributed by atoms with Crippen molar-refractivity contribution in [2.24, 2.45) is 0 Å². The van der Waals surface area contributed by atoms with E-state index < -0.39 is 5.97 Å². The summed E-state index contributed by atoms with van der Waals surface area (Å²) in [5.41, 5.74) is 0. The average molecular weight is 349 g/mol. The van der Waals surface area contributed by atoms with Gasteiger partial charge in [0.2, 0.25) is 10.9 Å². The third kappa shape index (κ3) is 3.83. The molecule has 0 radical (unpaired) electrons. The molecule has 3 rings (SSSR count). The second-order valence-electron chi connectivity index (χ2n) is 4.77. The van der Waals surface area contributed by atoms with Crippen molar-refractivity contribution in [3.8, 4) is 0 Å². The topological polar surface area (TPSA) is 81.0 Å². The highest BCUT2D eigenvalue weighted by molar-refractivity contribution is 7.99. The van der Waals surface area contributed by atoms with Crippen molar-refractivity contribution in [3.63, 3.8) is 0 Å². The highest BCUT2D eigenvalue weighted by Gasteiger charge is 2.18. The molecule has 0 aliphatic rings. The summed E-state index contributed by atoms with van der Waals surface area (Å²) >= 11 is 3.16. The Kier molecular flexibility index (Phi) is 4.82. The molecule has 1 N–H and O–H groups in total. The molecule has 0 spiro atoms. The number of ether oxygens (including phenoxy) is 1. The lowest BCUT2D eigenvalue weighted by molar-refractivity contribution is 0.0563. The first-order valence-corrected chi connectivity index (χ1v) is 8.70. The van der Waals surface area contributed by atoms with E-state index in [1.807, 2.05) is 18.4 Å². The van der Waals surface area contributed by atoms with Crippen LogP contribution in [0, 0.1) is 0 Å². The molecule has 8 heteroatoms. The fourth-order valence-electron chi connectivity index (χ4n) is 1.99. The van der Waals surface area contributed by atoms with E-state index in [4.69, 9.17) is 4.42 Å². The van der Waals surface area contributed by atoms with Gasteiger partial charge in [-0.15, -0.1) is 16.4 Å². The molecule has 3 aromatic heterocycles. The number of nitrogens with zero attached hydrogens (tertiary/aromatic N) is 2. The standard InChI is InChI=1S/C15H15N3O3S2/c1-9(11-5-6-12(21-11)14(19)20-2)23-15-16-13(17-18-15)8-10-4-3-7-22-10/h3-7,9H,8H2,1-2H3,(H,16,17,18). The van der Waals surface area contributed by atoms with Crippen LogP contribution >= 0.6 is 23.1 Å². The molecule has 0 aliphatic heterocycles. The highest BCUT2D eigenvalue weighted by atomic mass is 32.2. The van der Waals surface area contributed by atoms with E-state index in [1.54, 1.807) is 23.5 Å². The van der Waals surface area contributed by atoms with Crippen LogP contribution in [0.5, 0.6) is 0 Å². The zero-order valence-electron chi connectivity index (χ0n) is 12.6. The number of hydrogen-bond donors (Lipinski definition) is 1. The van der Waals surface area contributed by atoms with E-state index >= 15 is 0 Å². The number of thiophene rings is 1. The number of aromatic nitrogens is 3. The lowest BCUT2D eigenvalue weighted by Gasteiger charge is -2.04. The summed E-state index contributed by atoms with van der Waals surface area (Å²) in [6.45, 7) is 1.97. The molecule has 120 valence electrons. The minimum absolute atomic E-state index is 0.0150. The van der Waals surface area contributed by atoms with Crippen molar-refractivity contribution in [2.45, 2.75) is 23.8 Å². The van der Waals surface area contributed by atoms with E-state index in [0.29, 0.717) is 10.9 Å². The van der Waals surface area contributed by atoms with E-state index in [0.717, 1.165) is 12.2 Å². The first-order chi connectivity index (χ1) is 11.2. The number of carbonyl (C=O) groups is 1. The van der Waals surface area contributed by atoms with Crippen LogP contribution in [0.1, 0.15) is 39.2 Å². The van der Waals surface area contributed by atoms with Crippen molar-refractivity contribution in [1.82, 2.24) is 15.2 Å². The van der Waals surface area contributed by atoms with Gasteiger partial charge in [0.05, 0.1) is 12.4 Å². The molecule has 0 aromatic carbocycles. The van der Waals surface area contributed by atoms with Crippen LogP contribution in [0.25, 0.3) is 0 Å². The summed E-state index contributed by atoms with van der Waals surface area (Å²) in [6.07, 6.45) is 0.743. The van der Waals surface area contributed by atoms with Gasteiger partial charge in [0, 0.05) is 11.3 Å². The summed E-state index contributed by atoms with van der Waals surface area (Å²) in [6, 6.07) is 7.46. The van der Waals surface area contributed by atoms with Crippen molar-refractivity contribution in [3.05, 3.63) is 51.9 Å². The molecule has 3 heterocycles. The van der Waals surface area contributed by atoms with Crippen molar-refractivity contribution < 1.29 is 13.9 Å². The Balaban J connectivity index is 1.63. The number of H-pyrrole nitrogens is 1. The Hall–Kier alpha value is -2.06. The molecule has 0 bridgehead atoms. The summed E-state index contributed by atoms with van der Waals surface area (Å²) in [7, 11) is 1.32. The first kappa shape index (κ1) is 15.8. The van der Waals surface area contributed by atoms with Gasteiger partial charge in [-0.2, -0.15) is 0 Å². The molecule has 0 saturated carbocycles. The van der Waals surface area contributed by atoms with Gasteiger partial charge in [0.25, 0.3) is 0 Å². The highest BCUT2D eigenvalue weighted by Crippen LogP contribution is 2.33. The second-order valence-corrected chi connectivity index (χ2v) is 7.11. The number of aromatic amines is 1. The molecule has 0 fully saturated rings. The monoisotopic (exact) mass is 349 g/mol. The molecule has 0 saturated heterocycles. The van der Waals surface area contributed by atoms with E-state index in [2.05, 4.69) is 26.0 Å². The van der Waals surface area contributed by atoms with E-state index in [9.17, 15) is 4.79 Å². The maximum absolute atomic E-state index is 11.4. The van der Waals surface area contributed by atoms with Gasteiger partial charge in [-0.05, 0) is 30.5 Å². The maximum Gasteiger partial charge on any atom is 0.373 e. The van der Waals surface area contributed by atoms with Crippen molar-refractivity contribution >= 4 is 29.1 Å². The largest absolute Gasteiger partial charge is 0.463 e. The number of esters is 1. The molecule has 23 heavy (non-hydrogen) atoms. The number of carbonyl (C=O) groups excluding carboxylic acids is 1. The average Bonchev–Trinajstić information content (AvgIpc) is 3.28. The third-order valence-electron chi connectivity index (χ3n) is 3.13. The Morgan fingerprint density at radius 1 is 1.48 bits per heavy atom. The molecule has 0 amide bonds. The normalized spacial score (nSPS) is 12.3. The first-order valence-electron chi connectivity index (χ1n) is 6.94. The molecule has 1 unspecified atom stereocenters. The number of furan rings is 1. The number of nitrogens with one attached hydrogen (secondary N) is 1. The van der Waals surface area contributed by atoms with Gasteiger partial charge >= 0.3 is 5.97 Å². The minimum atomic E-state index is -0.482. The number of hydrogen-bond acceptors (Lipinski definition) is 7. The SMILES string of the molecule is COC(=O)c1ccc(C(C)Sc2n[nH]c(Cc3cccs3)n2)o1. The quantitative estimate of drug-likeness (QED) is 0.540. The molecular weight excluding hydrogens is 334 g/mol. The molecule has 6 nitrogen and oxygen atoms in total. The maximum atomic E-state index is 11.4. The third-order valence-corrected chi connectivity index (χ3v) is 4.98. The fourth-order valence-corrected chi connectivity index (χ4v) is 3.51. The lowest BCUT2D eigenvalue weighted by Crippen LogP contribution is -1.98. The van der Waals surface area contributed by atoms with Gasteiger partial charge in [0.1, 0.15) is 11.6 Å². The van der Waals surface area contributed by atoms with Gasteiger partial charge < -0.3 is 9.15 Å². The molecule has 1 atom stereocenters. The minimum Gasteiger partial charge on any atom is -0.463 e. The predicted octanol–water partition coefficient (Wildman–Crippen LogP) is 3.69. The number of methoxy groups -OCH3 is 1. The summed E-state index contributed by atoms with van der Waals surface area (Å²) in [5.74, 6) is 1.23. The Morgan fingerprint density at radius 2 is 2.35 bits per heavy atom. The smallest absolute Gasteiger partial charge is 0.373 e. The van der Waals surface area contributed by atoms with Crippen LogP contribution in [0.2, 0.25) is 0 Å². The Morgan fingerprint density at radius 3 is 3.09 bits per heavy atom. The van der Waals surface area contributed by atoms with Crippen molar-refractivity contribution in [2.75, 3.05) is 7.11 Å². The zero-order valence-corrected chi connectivity index (χ0v) is 14.2. The zero-order chi connectivity index (χ0) is 16.2. The Labute approximate surface area is 141 Å². The fraction of sp³-hybridized carbons (Fsp3) is 0.267. The van der Waals surface area contributed by atoms with Crippen LogP contribution in [0.3, 0.4) is 0 Å².